The number of benzene rings is 1. The molecule has 0 aliphatic carbocycles. The summed E-state index contributed by atoms with van der Waals surface area (Å²) in [4.78, 5) is 63.1. The summed E-state index contributed by atoms with van der Waals surface area (Å²) in [6.45, 7) is 16.1. The highest BCUT2D eigenvalue weighted by molar-refractivity contribution is 6.11. The van der Waals surface area contributed by atoms with Gasteiger partial charge < -0.3 is 24.4 Å². The lowest BCUT2D eigenvalue weighted by Crippen LogP contribution is -2.44. The van der Waals surface area contributed by atoms with E-state index < -0.39 is 47.1 Å². The molecule has 294 valence electrons. The summed E-state index contributed by atoms with van der Waals surface area (Å²) in [5.41, 5.74) is -2.62. The highest BCUT2D eigenvalue weighted by Gasteiger charge is 2.35. The number of hydrogen-bond acceptors (Lipinski definition) is 11. The van der Waals surface area contributed by atoms with Crippen LogP contribution in [0.3, 0.4) is 0 Å². The SMILES string of the molecule is Cc1c(-c2cc3cc(Nc4cc5n(n4)CC(=O)N(C)CC5F)ncc3c(NC(=O)OC(C)(C)C)c2F)cncc1N(C(=O)OC(C)(C)C)C(=O)OC(C)(C)C. The van der Waals surface area contributed by atoms with E-state index in [1.807, 2.05) is 0 Å². The van der Waals surface area contributed by atoms with Crippen molar-refractivity contribution in [2.75, 3.05) is 29.1 Å². The van der Waals surface area contributed by atoms with Crippen molar-refractivity contribution in [3.8, 4) is 11.1 Å². The van der Waals surface area contributed by atoms with E-state index in [4.69, 9.17) is 14.2 Å². The third-order valence-electron chi connectivity index (χ3n) is 7.99. The van der Waals surface area contributed by atoms with Crippen LogP contribution in [0.5, 0.6) is 0 Å². The van der Waals surface area contributed by atoms with Crippen molar-refractivity contribution in [3.63, 3.8) is 0 Å². The number of rotatable bonds is 5. The van der Waals surface area contributed by atoms with Crippen molar-refractivity contribution in [2.24, 2.45) is 0 Å². The Balaban J connectivity index is 1.64. The zero-order valence-corrected chi connectivity index (χ0v) is 32.8. The van der Waals surface area contributed by atoms with E-state index in [-0.39, 0.29) is 69.8 Å². The average molecular weight is 765 g/mol. The topological polar surface area (TPSA) is 170 Å². The number of hydrogen-bond donors (Lipinski definition) is 2. The van der Waals surface area contributed by atoms with Gasteiger partial charge in [0.15, 0.2) is 17.8 Å². The smallest absolute Gasteiger partial charge is 0.424 e. The predicted molar refractivity (Wildman–Crippen MR) is 201 cm³/mol. The molecule has 0 fully saturated rings. The minimum absolute atomic E-state index is 0.0328. The summed E-state index contributed by atoms with van der Waals surface area (Å²) >= 11 is 0. The van der Waals surface area contributed by atoms with E-state index in [2.05, 4.69) is 25.7 Å². The number of anilines is 4. The molecule has 2 N–H and O–H groups in total. The number of likely N-dealkylation sites (N-methyl/N-ethyl adjacent to an activating group) is 1. The minimum atomic E-state index is -1.47. The molecule has 0 bridgehead atoms. The quantitative estimate of drug-likeness (QED) is 0.188. The largest absolute Gasteiger partial charge is 0.444 e. The number of nitrogens with zero attached hydrogens (tertiary/aromatic N) is 6. The first-order valence-electron chi connectivity index (χ1n) is 17.5. The fourth-order valence-electron chi connectivity index (χ4n) is 5.65. The Morgan fingerprint density at radius 1 is 0.873 bits per heavy atom. The maximum atomic E-state index is 16.8. The van der Waals surface area contributed by atoms with Gasteiger partial charge in [0.1, 0.15) is 29.2 Å². The monoisotopic (exact) mass is 764 g/mol. The van der Waals surface area contributed by atoms with Gasteiger partial charge in [-0.3, -0.25) is 19.8 Å². The first-order chi connectivity index (χ1) is 25.4. The minimum Gasteiger partial charge on any atom is -0.444 e. The van der Waals surface area contributed by atoms with Gasteiger partial charge in [-0.05, 0) is 92.3 Å². The normalized spacial score (nSPS) is 14.9. The maximum Gasteiger partial charge on any atom is 0.424 e. The van der Waals surface area contributed by atoms with Crippen LogP contribution in [0.2, 0.25) is 0 Å². The second-order valence-corrected chi connectivity index (χ2v) is 16.1. The number of fused-ring (bicyclic) bond motifs is 2. The number of alkyl halides is 1. The Morgan fingerprint density at radius 3 is 2.09 bits per heavy atom. The molecule has 17 heteroatoms. The van der Waals surface area contributed by atoms with Crippen molar-refractivity contribution in [2.45, 2.75) is 98.8 Å². The second-order valence-electron chi connectivity index (χ2n) is 16.1. The lowest BCUT2D eigenvalue weighted by molar-refractivity contribution is -0.130. The first-order valence-corrected chi connectivity index (χ1v) is 17.5. The summed E-state index contributed by atoms with van der Waals surface area (Å²) in [7, 11) is 1.52. The molecule has 5 rings (SSSR count). The van der Waals surface area contributed by atoms with Crippen LogP contribution in [0.4, 0.5) is 46.2 Å². The molecule has 1 aliphatic heterocycles. The van der Waals surface area contributed by atoms with Crippen LogP contribution < -0.4 is 15.5 Å². The number of ether oxygens (including phenoxy) is 3. The molecule has 0 spiro atoms. The van der Waals surface area contributed by atoms with Gasteiger partial charge in [-0.2, -0.15) is 10.00 Å². The Bertz CT molecular complexity index is 2140. The standard InChI is InChI=1S/C38H46F2N8O7/c1-20-23(15-41-17-27(20)48(34(51)54-37(5,6)7)35(52)55-38(8,9)10)22-12-21-13-28(42-16-24(21)32(31(22)40)44-33(50)53-36(2,3)4)43-29-14-26-25(39)18-46(11)30(49)19-47(26)45-29/h12-17,25H,18-19H2,1-11H3,(H,44,50)(H,42,43,45). The maximum absolute atomic E-state index is 16.8. The Hall–Kier alpha value is -5.87. The number of halogens is 2. The molecule has 4 aromatic rings. The molecule has 1 atom stereocenters. The number of aromatic nitrogens is 4. The Morgan fingerprint density at radius 2 is 1.49 bits per heavy atom. The highest BCUT2D eigenvalue weighted by Crippen LogP contribution is 2.40. The molecule has 0 radical (unpaired) electrons. The van der Waals surface area contributed by atoms with Crippen LogP contribution >= 0.6 is 0 Å². The van der Waals surface area contributed by atoms with Crippen molar-refractivity contribution in [1.29, 1.82) is 0 Å². The van der Waals surface area contributed by atoms with Gasteiger partial charge in [-0.25, -0.2) is 28.1 Å². The first kappa shape index (κ1) is 40.3. The fraction of sp³-hybridized carbons (Fsp3) is 0.447. The van der Waals surface area contributed by atoms with Gasteiger partial charge in [-0.1, -0.05) is 0 Å². The van der Waals surface area contributed by atoms with Gasteiger partial charge in [0.2, 0.25) is 5.91 Å². The lowest BCUT2D eigenvalue weighted by Gasteiger charge is -2.29. The molecule has 1 unspecified atom stereocenters. The van der Waals surface area contributed by atoms with Crippen LogP contribution in [-0.4, -0.2) is 79.2 Å². The van der Waals surface area contributed by atoms with Crippen molar-refractivity contribution in [3.05, 3.63) is 53.9 Å². The molecule has 4 heterocycles. The molecule has 0 saturated carbocycles. The fourth-order valence-corrected chi connectivity index (χ4v) is 5.65. The van der Waals surface area contributed by atoms with Crippen molar-refractivity contribution >= 4 is 58.0 Å². The third-order valence-corrected chi connectivity index (χ3v) is 7.99. The molecule has 1 aromatic carbocycles. The number of amides is 4. The molecule has 1 aliphatic rings. The molecular weight excluding hydrogens is 718 g/mol. The zero-order chi connectivity index (χ0) is 40.8. The van der Waals surface area contributed by atoms with Crippen LogP contribution in [0.1, 0.15) is 79.7 Å². The molecule has 4 amide bonds. The number of carbonyl (C=O) groups excluding carboxylic acids is 4. The van der Waals surface area contributed by atoms with E-state index in [0.29, 0.717) is 10.3 Å². The van der Waals surface area contributed by atoms with E-state index in [1.54, 1.807) is 75.3 Å². The lowest BCUT2D eigenvalue weighted by atomic mass is 9.97. The van der Waals surface area contributed by atoms with Gasteiger partial charge in [0.25, 0.3) is 0 Å². The summed E-state index contributed by atoms with van der Waals surface area (Å²) < 4.78 is 49.7. The molecule has 15 nitrogen and oxygen atoms in total. The Kier molecular flexibility index (Phi) is 10.8. The van der Waals surface area contributed by atoms with E-state index >= 15 is 8.78 Å². The summed E-state index contributed by atoms with van der Waals surface area (Å²) in [5.74, 6) is -0.738. The van der Waals surface area contributed by atoms with E-state index in [9.17, 15) is 19.2 Å². The molecule has 0 saturated heterocycles. The van der Waals surface area contributed by atoms with Crippen molar-refractivity contribution < 1.29 is 42.2 Å². The summed E-state index contributed by atoms with van der Waals surface area (Å²) in [6, 6.07) is 4.54. The number of nitrogens with one attached hydrogen (secondary N) is 2. The van der Waals surface area contributed by atoms with Gasteiger partial charge in [-0.15, -0.1) is 0 Å². The van der Waals surface area contributed by atoms with E-state index in [0.717, 1.165) is 0 Å². The summed E-state index contributed by atoms with van der Waals surface area (Å²) in [6.07, 6.45) is -0.524. The van der Waals surface area contributed by atoms with Crippen LogP contribution in [0.15, 0.2) is 36.8 Å². The van der Waals surface area contributed by atoms with Gasteiger partial charge >= 0.3 is 18.3 Å². The van der Waals surface area contributed by atoms with Crippen LogP contribution in [0.25, 0.3) is 21.9 Å². The molecule has 55 heavy (non-hydrogen) atoms. The molecule has 3 aromatic heterocycles. The number of carbonyl (C=O) groups is 4. The average Bonchev–Trinajstić information content (AvgIpc) is 3.38. The number of pyridine rings is 2. The number of imide groups is 1. The van der Waals surface area contributed by atoms with Crippen LogP contribution in [0, 0.1) is 12.7 Å². The second kappa shape index (κ2) is 14.8. The van der Waals surface area contributed by atoms with E-state index in [1.165, 1.54) is 47.4 Å². The van der Waals surface area contributed by atoms with Gasteiger partial charge in [0, 0.05) is 42.0 Å². The summed E-state index contributed by atoms with van der Waals surface area (Å²) in [5, 5.41) is 10.5. The van der Waals surface area contributed by atoms with Crippen LogP contribution in [-0.2, 0) is 25.5 Å². The molecular formula is C38H46F2N8O7. The Labute approximate surface area is 317 Å². The third kappa shape index (κ3) is 9.45. The predicted octanol–water partition coefficient (Wildman–Crippen LogP) is 8.19. The highest BCUT2D eigenvalue weighted by atomic mass is 19.1. The van der Waals surface area contributed by atoms with Gasteiger partial charge in [0.05, 0.1) is 29.8 Å². The van der Waals surface area contributed by atoms with Crippen molar-refractivity contribution in [1.82, 2.24) is 24.6 Å². The zero-order valence-electron chi connectivity index (χ0n) is 32.8.